The molecule has 0 saturated carbocycles. The van der Waals surface area contributed by atoms with Crippen molar-refractivity contribution in [2.75, 3.05) is 40.1 Å². The van der Waals surface area contributed by atoms with Crippen molar-refractivity contribution < 1.29 is 27.5 Å². The average molecular weight is 490 g/mol. The molecule has 1 atom stereocenters. The van der Waals surface area contributed by atoms with E-state index in [0.29, 0.717) is 17.9 Å². The van der Waals surface area contributed by atoms with E-state index in [4.69, 9.17) is 9.47 Å². The molecule has 0 aliphatic carbocycles. The van der Waals surface area contributed by atoms with Crippen molar-refractivity contribution in [3.05, 3.63) is 59.7 Å². The van der Waals surface area contributed by atoms with E-state index < -0.39 is 27.4 Å². The van der Waals surface area contributed by atoms with Gasteiger partial charge in [-0.25, -0.2) is 8.42 Å². The van der Waals surface area contributed by atoms with Crippen molar-refractivity contribution in [3.8, 4) is 11.5 Å². The number of nitrogens with zero attached hydrogens (tertiary/aromatic N) is 2. The van der Waals surface area contributed by atoms with E-state index in [1.54, 1.807) is 27.2 Å². The van der Waals surface area contributed by atoms with Crippen LogP contribution in [0, 0.1) is 0 Å². The van der Waals surface area contributed by atoms with Gasteiger partial charge in [0, 0.05) is 19.6 Å². The Morgan fingerprint density at radius 2 is 1.74 bits per heavy atom. The lowest BCUT2D eigenvalue weighted by Crippen LogP contribution is -2.69. The number of amides is 2. The van der Waals surface area contributed by atoms with Crippen LogP contribution < -0.4 is 14.8 Å². The summed E-state index contributed by atoms with van der Waals surface area (Å²) in [6.07, 6.45) is 1.49. The topological polar surface area (TPSA) is 105 Å². The van der Waals surface area contributed by atoms with Gasteiger partial charge in [0.05, 0.1) is 27.0 Å². The first kappa shape index (κ1) is 25.5. The van der Waals surface area contributed by atoms with Crippen LogP contribution >= 0.6 is 0 Å². The van der Waals surface area contributed by atoms with Crippen LogP contribution in [0.15, 0.2) is 48.5 Å². The molecule has 2 aromatic carbocycles. The number of nitrogens with one attached hydrogen (secondary N) is 1. The van der Waals surface area contributed by atoms with E-state index in [9.17, 15) is 18.0 Å². The standard InChI is InChI=1S/C24H31N3O6S/c1-24(23(29)25-15-19-8-6-5-7-9-19)17-26(34(4,30)31)16-22(28)27(24)13-12-18-10-11-20(32-2)21(14-18)33-3/h5-11,14H,12-13,15-17H2,1-4H3,(H,25,29)/t24-/m0/s1. The molecule has 0 bridgehead atoms. The highest BCUT2D eigenvalue weighted by molar-refractivity contribution is 7.88. The van der Waals surface area contributed by atoms with Gasteiger partial charge in [-0.1, -0.05) is 36.4 Å². The van der Waals surface area contributed by atoms with Crippen LogP contribution in [0.3, 0.4) is 0 Å². The first-order valence-corrected chi connectivity index (χ1v) is 12.7. The summed E-state index contributed by atoms with van der Waals surface area (Å²) >= 11 is 0. The van der Waals surface area contributed by atoms with Crippen LogP contribution in [0.2, 0.25) is 0 Å². The Kier molecular flexibility index (Phi) is 7.83. The van der Waals surface area contributed by atoms with Crippen molar-refractivity contribution >= 4 is 21.8 Å². The molecule has 184 valence electrons. The monoisotopic (exact) mass is 489 g/mol. The molecule has 1 heterocycles. The molecular formula is C24H31N3O6S. The maximum Gasteiger partial charge on any atom is 0.247 e. The number of sulfonamides is 1. The van der Waals surface area contributed by atoms with Crippen LogP contribution in [-0.2, 0) is 32.6 Å². The second kappa shape index (κ2) is 10.4. The summed E-state index contributed by atoms with van der Waals surface area (Å²) in [6.45, 7) is 1.70. The Hall–Kier alpha value is -3.11. The van der Waals surface area contributed by atoms with E-state index in [1.165, 1.54) is 4.90 Å². The molecular weight excluding hydrogens is 458 g/mol. The van der Waals surface area contributed by atoms with Crippen molar-refractivity contribution in [2.45, 2.75) is 25.4 Å². The SMILES string of the molecule is COc1ccc(CCN2C(=O)CN(S(C)(=O)=O)C[C@@]2(C)C(=O)NCc2ccccc2)cc1OC. The third kappa shape index (κ3) is 5.68. The number of benzene rings is 2. The van der Waals surface area contributed by atoms with Crippen LogP contribution in [0.4, 0.5) is 0 Å². The van der Waals surface area contributed by atoms with Crippen LogP contribution in [0.1, 0.15) is 18.1 Å². The van der Waals surface area contributed by atoms with Crippen molar-refractivity contribution in [3.63, 3.8) is 0 Å². The first-order valence-electron chi connectivity index (χ1n) is 10.9. The number of methoxy groups -OCH3 is 2. The third-order valence-electron chi connectivity index (χ3n) is 6.02. The number of hydrogen-bond acceptors (Lipinski definition) is 6. The van der Waals surface area contributed by atoms with Gasteiger partial charge in [-0.15, -0.1) is 0 Å². The molecule has 2 amide bonds. The van der Waals surface area contributed by atoms with Gasteiger partial charge in [0.1, 0.15) is 5.54 Å². The zero-order valence-electron chi connectivity index (χ0n) is 19.9. The van der Waals surface area contributed by atoms with Gasteiger partial charge in [0.25, 0.3) is 0 Å². The molecule has 1 aliphatic rings. The van der Waals surface area contributed by atoms with Crippen LogP contribution in [-0.4, -0.2) is 75.1 Å². The Balaban J connectivity index is 1.83. The summed E-state index contributed by atoms with van der Waals surface area (Å²) in [6, 6.07) is 14.9. The lowest BCUT2D eigenvalue weighted by molar-refractivity contribution is -0.152. The molecule has 0 aromatic heterocycles. The summed E-state index contributed by atoms with van der Waals surface area (Å²) in [5.74, 6) is 0.325. The van der Waals surface area contributed by atoms with Crippen LogP contribution in [0.5, 0.6) is 11.5 Å². The Labute approximate surface area is 200 Å². The second-order valence-corrected chi connectivity index (χ2v) is 10.4. The number of hydrogen-bond donors (Lipinski definition) is 1. The van der Waals surface area contributed by atoms with E-state index in [2.05, 4.69) is 5.32 Å². The number of ether oxygens (including phenoxy) is 2. The maximum absolute atomic E-state index is 13.4. The second-order valence-electron chi connectivity index (χ2n) is 8.46. The molecule has 1 saturated heterocycles. The van der Waals surface area contributed by atoms with E-state index in [-0.39, 0.29) is 26.2 Å². The van der Waals surface area contributed by atoms with Crippen LogP contribution in [0.25, 0.3) is 0 Å². The molecule has 1 fully saturated rings. The number of rotatable bonds is 9. The predicted molar refractivity (Wildman–Crippen MR) is 128 cm³/mol. The third-order valence-corrected chi connectivity index (χ3v) is 7.21. The lowest BCUT2D eigenvalue weighted by atomic mass is 9.94. The molecule has 1 N–H and O–H groups in total. The number of piperazine rings is 1. The zero-order valence-corrected chi connectivity index (χ0v) is 20.7. The number of carbonyl (C=O) groups excluding carboxylic acids is 2. The average Bonchev–Trinajstić information content (AvgIpc) is 2.81. The van der Waals surface area contributed by atoms with Gasteiger partial charge in [0.2, 0.25) is 21.8 Å². The first-order chi connectivity index (χ1) is 16.1. The highest BCUT2D eigenvalue weighted by Crippen LogP contribution is 2.29. The van der Waals surface area contributed by atoms with E-state index in [1.807, 2.05) is 42.5 Å². The summed E-state index contributed by atoms with van der Waals surface area (Å²) in [7, 11) is -0.564. The van der Waals surface area contributed by atoms with Crippen molar-refractivity contribution in [2.24, 2.45) is 0 Å². The lowest BCUT2D eigenvalue weighted by Gasteiger charge is -2.46. The van der Waals surface area contributed by atoms with E-state index in [0.717, 1.165) is 21.7 Å². The molecule has 9 nitrogen and oxygen atoms in total. The zero-order chi connectivity index (χ0) is 24.9. The molecule has 3 rings (SSSR count). The Morgan fingerprint density at radius 3 is 2.35 bits per heavy atom. The minimum absolute atomic E-state index is 0.121. The van der Waals surface area contributed by atoms with Gasteiger partial charge in [-0.3, -0.25) is 9.59 Å². The summed E-state index contributed by atoms with van der Waals surface area (Å²) in [5, 5.41) is 2.87. The Bertz CT molecular complexity index is 1140. The molecule has 0 unspecified atom stereocenters. The predicted octanol–water partition coefficient (Wildman–Crippen LogP) is 1.43. The van der Waals surface area contributed by atoms with Crippen molar-refractivity contribution in [1.82, 2.24) is 14.5 Å². The molecule has 0 spiro atoms. The highest BCUT2D eigenvalue weighted by atomic mass is 32.2. The minimum atomic E-state index is -3.66. The fourth-order valence-corrected chi connectivity index (χ4v) is 4.87. The quantitative estimate of drug-likeness (QED) is 0.571. The minimum Gasteiger partial charge on any atom is -0.493 e. The van der Waals surface area contributed by atoms with E-state index >= 15 is 0 Å². The number of carbonyl (C=O) groups is 2. The van der Waals surface area contributed by atoms with Gasteiger partial charge in [0.15, 0.2) is 11.5 Å². The van der Waals surface area contributed by atoms with Gasteiger partial charge in [-0.05, 0) is 36.6 Å². The molecule has 10 heteroatoms. The van der Waals surface area contributed by atoms with Gasteiger partial charge < -0.3 is 19.7 Å². The highest BCUT2D eigenvalue weighted by Gasteiger charge is 2.49. The molecule has 34 heavy (non-hydrogen) atoms. The largest absolute Gasteiger partial charge is 0.493 e. The van der Waals surface area contributed by atoms with Gasteiger partial charge in [-0.2, -0.15) is 4.31 Å². The Morgan fingerprint density at radius 1 is 1.06 bits per heavy atom. The normalized spacial score (nSPS) is 19.1. The summed E-state index contributed by atoms with van der Waals surface area (Å²) in [5.41, 5.74) is 0.422. The fourth-order valence-electron chi connectivity index (χ4n) is 4.04. The maximum atomic E-state index is 13.4. The fraction of sp³-hybridized carbons (Fsp3) is 0.417. The summed E-state index contributed by atoms with van der Waals surface area (Å²) < 4.78 is 36.2. The smallest absolute Gasteiger partial charge is 0.247 e. The molecule has 2 aromatic rings. The molecule has 0 radical (unpaired) electrons. The summed E-state index contributed by atoms with van der Waals surface area (Å²) in [4.78, 5) is 27.9. The molecule has 1 aliphatic heterocycles. The van der Waals surface area contributed by atoms with Gasteiger partial charge >= 0.3 is 0 Å². The van der Waals surface area contributed by atoms with Crippen molar-refractivity contribution in [1.29, 1.82) is 0 Å².